The van der Waals surface area contributed by atoms with Crippen molar-refractivity contribution in [2.24, 2.45) is 5.92 Å². The second-order valence-electron chi connectivity index (χ2n) is 4.88. The zero-order valence-electron chi connectivity index (χ0n) is 11.1. The minimum absolute atomic E-state index is 0.0118. The molecule has 1 saturated heterocycles. The molecule has 1 aromatic rings. The Hall–Kier alpha value is -0.820. The van der Waals surface area contributed by atoms with Gasteiger partial charge in [-0.3, -0.25) is 4.79 Å². The molecule has 5 nitrogen and oxygen atoms in total. The van der Waals surface area contributed by atoms with Gasteiger partial charge in [-0.1, -0.05) is 11.6 Å². The summed E-state index contributed by atoms with van der Waals surface area (Å²) in [5.41, 5.74) is 0.204. The molecule has 1 unspecified atom stereocenters. The van der Waals surface area contributed by atoms with Gasteiger partial charge >= 0.3 is 0 Å². The predicted molar refractivity (Wildman–Crippen MR) is 80.4 cm³/mol. The Balaban J connectivity index is 2.05. The van der Waals surface area contributed by atoms with Crippen molar-refractivity contribution in [2.75, 3.05) is 19.8 Å². The molecule has 0 bridgehead atoms. The van der Waals surface area contributed by atoms with Gasteiger partial charge in [0.15, 0.2) is 0 Å². The van der Waals surface area contributed by atoms with Crippen molar-refractivity contribution >= 4 is 37.2 Å². The summed E-state index contributed by atoms with van der Waals surface area (Å²) >= 11 is 5.77. The van der Waals surface area contributed by atoms with E-state index in [2.05, 4.69) is 5.32 Å². The lowest BCUT2D eigenvalue weighted by atomic mass is 10.0. The number of hydrogen-bond donors (Lipinski definition) is 1. The molecule has 0 aliphatic carbocycles. The van der Waals surface area contributed by atoms with E-state index < -0.39 is 9.05 Å². The molecule has 116 valence electrons. The molecule has 0 spiro atoms. The average molecular weight is 352 g/mol. The van der Waals surface area contributed by atoms with Crippen LogP contribution < -0.4 is 5.32 Å². The molecule has 0 aromatic heterocycles. The molecule has 1 aliphatic heterocycles. The van der Waals surface area contributed by atoms with Gasteiger partial charge in [0, 0.05) is 29.4 Å². The number of benzene rings is 1. The molecule has 1 heterocycles. The van der Waals surface area contributed by atoms with Crippen molar-refractivity contribution < 1.29 is 17.9 Å². The number of carbonyl (C=O) groups is 1. The normalized spacial score (nSPS) is 19.2. The first-order chi connectivity index (χ1) is 9.88. The van der Waals surface area contributed by atoms with Crippen molar-refractivity contribution in [1.82, 2.24) is 5.32 Å². The van der Waals surface area contributed by atoms with Crippen molar-refractivity contribution in [3.63, 3.8) is 0 Å². The molecule has 8 heteroatoms. The van der Waals surface area contributed by atoms with Gasteiger partial charge in [-0.2, -0.15) is 0 Å². The van der Waals surface area contributed by atoms with Crippen molar-refractivity contribution in [3.8, 4) is 0 Å². The fourth-order valence-corrected chi connectivity index (χ4v) is 3.63. The quantitative estimate of drug-likeness (QED) is 0.845. The van der Waals surface area contributed by atoms with Crippen molar-refractivity contribution in [1.29, 1.82) is 0 Å². The Labute approximate surface area is 133 Å². The molecular formula is C13H15Cl2NO4S. The Kier molecular flexibility index (Phi) is 5.48. The van der Waals surface area contributed by atoms with E-state index >= 15 is 0 Å². The zero-order chi connectivity index (χ0) is 15.5. The van der Waals surface area contributed by atoms with Crippen molar-refractivity contribution in [3.05, 3.63) is 28.8 Å². The number of halogens is 2. The van der Waals surface area contributed by atoms with Gasteiger partial charge < -0.3 is 10.1 Å². The smallest absolute Gasteiger partial charge is 0.262 e. The summed E-state index contributed by atoms with van der Waals surface area (Å²) in [5, 5.41) is 2.76. The molecule has 1 N–H and O–H groups in total. The Morgan fingerprint density at radius 2 is 2.19 bits per heavy atom. The third-order valence-electron chi connectivity index (χ3n) is 3.26. The average Bonchev–Trinajstić information content (AvgIpc) is 2.45. The number of hydrogen-bond acceptors (Lipinski definition) is 4. The topological polar surface area (TPSA) is 72.5 Å². The summed E-state index contributed by atoms with van der Waals surface area (Å²) in [6.45, 7) is 1.88. The highest BCUT2D eigenvalue weighted by Crippen LogP contribution is 2.25. The summed E-state index contributed by atoms with van der Waals surface area (Å²) in [6.07, 6.45) is 1.98. The van der Waals surface area contributed by atoms with Gasteiger partial charge in [-0.25, -0.2) is 8.42 Å². The molecule has 21 heavy (non-hydrogen) atoms. The minimum atomic E-state index is -3.98. The van der Waals surface area contributed by atoms with Gasteiger partial charge in [0.05, 0.1) is 11.6 Å². The zero-order valence-corrected chi connectivity index (χ0v) is 13.5. The predicted octanol–water partition coefficient (Wildman–Crippen LogP) is 2.42. The molecule has 0 radical (unpaired) electrons. The molecule has 0 saturated carbocycles. The summed E-state index contributed by atoms with van der Waals surface area (Å²) in [5.74, 6) is -0.0787. The maximum absolute atomic E-state index is 12.0. The lowest BCUT2D eigenvalue weighted by molar-refractivity contribution is 0.0536. The largest absolute Gasteiger partial charge is 0.381 e. The van der Waals surface area contributed by atoms with E-state index in [1.54, 1.807) is 0 Å². The van der Waals surface area contributed by atoms with Crippen LogP contribution in [0.15, 0.2) is 23.1 Å². The first-order valence-electron chi connectivity index (χ1n) is 6.48. The SMILES string of the molecule is O=C(NCC1CCCOC1)c1ccc(Cl)c(S(=O)(=O)Cl)c1. The Morgan fingerprint density at radius 1 is 1.43 bits per heavy atom. The van der Waals surface area contributed by atoms with Crippen LogP contribution in [0, 0.1) is 5.92 Å². The van der Waals surface area contributed by atoms with Crippen LogP contribution in [0.25, 0.3) is 0 Å². The highest BCUT2D eigenvalue weighted by atomic mass is 35.7. The first kappa shape index (κ1) is 16.5. The molecule has 1 amide bonds. The van der Waals surface area contributed by atoms with Gasteiger partial charge in [-0.05, 0) is 37.0 Å². The summed E-state index contributed by atoms with van der Waals surface area (Å²) < 4.78 is 28.1. The third kappa shape index (κ3) is 4.57. The van der Waals surface area contributed by atoms with E-state index in [4.69, 9.17) is 27.0 Å². The number of ether oxygens (including phenoxy) is 1. The second-order valence-corrected chi connectivity index (χ2v) is 7.82. The fraction of sp³-hybridized carbons (Fsp3) is 0.462. The van der Waals surface area contributed by atoms with Crippen LogP contribution in [0.1, 0.15) is 23.2 Å². The molecule has 2 rings (SSSR count). The van der Waals surface area contributed by atoms with E-state index in [0.29, 0.717) is 13.2 Å². The molecule has 1 fully saturated rings. The maximum atomic E-state index is 12.0. The standard InChI is InChI=1S/C13H15Cl2NO4S/c14-11-4-3-10(6-12(11)21(15,18)19)13(17)16-7-9-2-1-5-20-8-9/h3-4,6,9H,1-2,5,7-8H2,(H,16,17). The molecule has 1 aliphatic rings. The summed E-state index contributed by atoms with van der Waals surface area (Å²) in [6, 6.07) is 3.98. The minimum Gasteiger partial charge on any atom is -0.381 e. The highest BCUT2D eigenvalue weighted by Gasteiger charge is 2.19. The summed E-state index contributed by atoms with van der Waals surface area (Å²) in [4.78, 5) is 11.8. The third-order valence-corrected chi connectivity index (χ3v) is 5.07. The second kappa shape index (κ2) is 6.96. The van der Waals surface area contributed by atoms with Gasteiger partial charge in [0.25, 0.3) is 15.0 Å². The number of rotatable bonds is 4. The van der Waals surface area contributed by atoms with E-state index in [1.807, 2.05) is 0 Å². The lowest BCUT2D eigenvalue weighted by Gasteiger charge is -2.22. The van der Waals surface area contributed by atoms with Gasteiger partial charge in [0.1, 0.15) is 4.90 Å². The van der Waals surface area contributed by atoms with E-state index in [0.717, 1.165) is 19.4 Å². The van der Waals surface area contributed by atoms with Crippen LogP contribution in [0.2, 0.25) is 5.02 Å². The number of carbonyl (C=O) groups excluding carboxylic acids is 1. The fourth-order valence-electron chi connectivity index (χ4n) is 2.14. The van der Waals surface area contributed by atoms with E-state index in [9.17, 15) is 13.2 Å². The highest BCUT2D eigenvalue weighted by molar-refractivity contribution is 8.13. The number of amides is 1. The van der Waals surface area contributed by atoms with Gasteiger partial charge in [-0.15, -0.1) is 0 Å². The molecule has 1 atom stereocenters. The van der Waals surface area contributed by atoms with Crippen LogP contribution in [0.5, 0.6) is 0 Å². The van der Waals surface area contributed by atoms with Crippen LogP contribution in [0.3, 0.4) is 0 Å². The molecular weight excluding hydrogens is 337 g/mol. The van der Waals surface area contributed by atoms with Crippen LogP contribution >= 0.6 is 22.3 Å². The van der Waals surface area contributed by atoms with Crippen LogP contribution in [-0.2, 0) is 13.8 Å². The Morgan fingerprint density at radius 3 is 2.81 bits per heavy atom. The lowest BCUT2D eigenvalue weighted by Crippen LogP contribution is -2.33. The van der Waals surface area contributed by atoms with E-state index in [1.165, 1.54) is 18.2 Å². The molecule has 1 aromatic carbocycles. The van der Waals surface area contributed by atoms with E-state index in [-0.39, 0.29) is 27.3 Å². The first-order valence-corrected chi connectivity index (χ1v) is 9.17. The summed E-state index contributed by atoms with van der Waals surface area (Å²) in [7, 11) is 1.29. The van der Waals surface area contributed by atoms with Crippen molar-refractivity contribution in [2.45, 2.75) is 17.7 Å². The van der Waals surface area contributed by atoms with Crippen LogP contribution in [-0.4, -0.2) is 34.1 Å². The monoisotopic (exact) mass is 351 g/mol. The van der Waals surface area contributed by atoms with Gasteiger partial charge in [0.2, 0.25) is 0 Å². The maximum Gasteiger partial charge on any atom is 0.262 e. The van der Waals surface area contributed by atoms with Crippen LogP contribution in [0.4, 0.5) is 0 Å². The number of nitrogens with one attached hydrogen (secondary N) is 1. The Bertz CT molecular complexity index is 627.